The summed E-state index contributed by atoms with van der Waals surface area (Å²) in [5.41, 5.74) is 4.00. The SMILES string of the molecule is COC(=O)C1C(C)=NC2=C(C(=O)C[C@@H](c3ccccc3)C2)[C@H]1c1ccc2c(c1)OCO2. The Kier molecular flexibility index (Phi) is 4.85. The number of benzene rings is 2. The van der Waals surface area contributed by atoms with E-state index in [2.05, 4.69) is 12.1 Å². The number of fused-ring (bicyclic) bond motifs is 1. The highest BCUT2D eigenvalue weighted by Gasteiger charge is 2.44. The second-order valence-corrected chi connectivity index (χ2v) is 8.14. The summed E-state index contributed by atoms with van der Waals surface area (Å²) in [7, 11) is 1.37. The van der Waals surface area contributed by atoms with Crippen LogP contribution in [0.2, 0.25) is 0 Å². The number of carbonyl (C=O) groups is 2. The molecule has 2 aliphatic heterocycles. The summed E-state index contributed by atoms with van der Waals surface area (Å²) in [4.78, 5) is 31.0. The van der Waals surface area contributed by atoms with Crippen molar-refractivity contribution in [3.8, 4) is 11.5 Å². The van der Waals surface area contributed by atoms with E-state index in [-0.39, 0.29) is 18.5 Å². The number of ether oxygens (including phenoxy) is 3. The average Bonchev–Trinajstić information content (AvgIpc) is 3.26. The zero-order valence-electron chi connectivity index (χ0n) is 17.5. The molecule has 1 unspecified atom stereocenters. The van der Waals surface area contributed by atoms with E-state index in [0.29, 0.717) is 35.6 Å². The molecule has 0 fully saturated rings. The molecule has 6 nitrogen and oxygen atoms in total. The Bertz CT molecular complexity index is 1120. The predicted molar refractivity (Wildman–Crippen MR) is 114 cm³/mol. The number of Topliss-reactive ketones (excluding diaryl/α,β-unsaturated/α-hetero) is 1. The second-order valence-electron chi connectivity index (χ2n) is 8.14. The van der Waals surface area contributed by atoms with Crippen LogP contribution in [-0.4, -0.2) is 31.4 Å². The van der Waals surface area contributed by atoms with Crippen LogP contribution in [0.4, 0.5) is 0 Å². The van der Waals surface area contributed by atoms with Crippen molar-refractivity contribution in [3.63, 3.8) is 0 Å². The molecule has 5 rings (SSSR count). The minimum absolute atomic E-state index is 0.0305. The maximum Gasteiger partial charge on any atom is 0.315 e. The molecule has 0 saturated carbocycles. The number of carbonyl (C=O) groups excluding carboxylic acids is 2. The van der Waals surface area contributed by atoms with Gasteiger partial charge in [-0.25, -0.2) is 0 Å². The Labute approximate surface area is 180 Å². The molecular formula is C25H23NO5. The number of ketones is 1. The average molecular weight is 417 g/mol. The smallest absolute Gasteiger partial charge is 0.315 e. The summed E-state index contributed by atoms with van der Waals surface area (Å²) in [5.74, 6) is -0.116. The van der Waals surface area contributed by atoms with Gasteiger partial charge in [0, 0.05) is 29.3 Å². The number of esters is 1. The normalized spacial score (nSPS) is 24.5. The molecule has 158 valence electrons. The molecule has 6 heteroatoms. The molecule has 2 aromatic rings. The van der Waals surface area contributed by atoms with Gasteiger partial charge in [0.2, 0.25) is 6.79 Å². The molecule has 0 spiro atoms. The Morgan fingerprint density at radius 2 is 1.81 bits per heavy atom. The van der Waals surface area contributed by atoms with Crippen LogP contribution in [0.3, 0.4) is 0 Å². The van der Waals surface area contributed by atoms with Crippen LogP contribution < -0.4 is 9.47 Å². The van der Waals surface area contributed by atoms with Gasteiger partial charge in [-0.05, 0) is 42.5 Å². The predicted octanol–water partition coefficient (Wildman–Crippen LogP) is 4.16. The summed E-state index contributed by atoms with van der Waals surface area (Å²) >= 11 is 0. The van der Waals surface area contributed by atoms with Gasteiger partial charge in [0.25, 0.3) is 0 Å². The molecule has 0 bridgehead atoms. The van der Waals surface area contributed by atoms with E-state index in [1.54, 1.807) is 0 Å². The van der Waals surface area contributed by atoms with E-state index in [1.807, 2.05) is 43.3 Å². The van der Waals surface area contributed by atoms with E-state index < -0.39 is 17.8 Å². The quantitative estimate of drug-likeness (QED) is 0.701. The first-order chi connectivity index (χ1) is 15.1. The third-order valence-electron chi connectivity index (χ3n) is 6.37. The number of hydrogen-bond donors (Lipinski definition) is 0. The van der Waals surface area contributed by atoms with Gasteiger partial charge in [-0.15, -0.1) is 0 Å². The van der Waals surface area contributed by atoms with Crippen molar-refractivity contribution in [3.05, 3.63) is 70.9 Å². The Balaban J connectivity index is 1.61. The summed E-state index contributed by atoms with van der Waals surface area (Å²) in [6.07, 6.45) is 1.06. The molecule has 0 aromatic heterocycles. The van der Waals surface area contributed by atoms with Crippen molar-refractivity contribution < 1.29 is 23.8 Å². The molecule has 2 heterocycles. The molecule has 3 atom stereocenters. The lowest BCUT2D eigenvalue weighted by Crippen LogP contribution is -2.37. The number of methoxy groups -OCH3 is 1. The lowest BCUT2D eigenvalue weighted by atomic mass is 9.69. The van der Waals surface area contributed by atoms with Crippen LogP contribution >= 0.6 is 0 Å². The van der Waals surface area contributed by atoms with Crippen LogP contribution in [0.25, 0.3) is 0 Å². The van der Waals surface area contributed by atoms with Crippen LogP contribution in [0.15, 0.2) is 64.8 Å². The molecule has 0 N–H and O–H groups in total. The molecule has 1 aliphatic carbocycles. The van der Waals surface area contributed by atoms with Crippen molar-refractivity contribution in [2.24, 2.45) is 10.9 Å². The van der Waals surface area contributed by atoms with Crippen molar-refractivity contribution in [2.75, 3.05) is 13.9 Å². The number of rotatable bonds is 3. The standard InChI is InChI=1S/C25H23NO5/c1-14-22(25(28)29-2)23(16-8-9-20-21(12-16)31-13-30-20)24-18(26-14)10-17(11-19(24)27)15-6-4-3-5-7-15/h3-9,12,17,22-23H,10-11,13H2,1-2H3/t17-,22?,23-/m0/s1. The maximum absolute atomic E-state index is 13.5. The van der Waals surface area contributed by atoms with E-state index in [9.17, 15) is 9.59 Å². The third kappa shape index (κ3) is 3.32. The molecule has 0 saturated heterocycles. The fourth-order valence-electron chi connectivity index (χ4n) is 4.92. The monoisotopic (exact) mass is 417 g/mol. The number of allylic oxidation sites excluding steroid dienone is 2. The molecule has 0 amide bonds. The third-order valence-corrected chi connectivity index (χ3v) is 6.37. The minimum Gasteiger partial charge on any atom is -0.468 e. The Morgan fingerprint density at radius 1 is 1.03 bits per heavy atom. The number of hydrogen-bond acceptors (Lipinski definition) is 6. The van der Waals surface area contributed by atoms with E-state index in [0.717, 1.165) is 16.8 Å². The highest BCUT2D eigenvalue weighted by atomic mass is 16.7. The second kappa shape index (κ2) is 7.69. The number of nitrogens with zero attached hydrogens (tertiary/aromatic N) is 1. The highest BCUT2D eigenvalue weighted by molar-refractivity contribution is 6.09. The summed E-state index contributed by atoms with van der Waals surface area (Å²) in [6.45, 7) is 2.00. The van der Waals surface area contributed by atoms with Gasteiger partial charge >= 0.3 is 5.97 Å². The lowest BCUT2D eigenvalue weighted by molar-refractivity contribution is -0.143. The Hall–Kier alpha value is -3.41. The first-order valence-electron chi connectivity index (χ1n) is 10.4. The molecule has 0 radical (unpaired) electrons. The van der Waals surface area contributed by atoms with E-state index in [4.69, 9.17) is 19.2 Å². The fraction of sp³-hybridized carbons (Fsp3) is 0.320. The van der Waals surface area contributed by atoms with E-state index >= 15 is 0 Å². The molecule has 2 aromatic carbocycles. The van der Waals surface area contributed by atoms with Crippen LogP contribution in [0, 0.1) is 5.92 Å². The maximum atomic E-state index is 13.5. The van der Waals surface area contributed by atoms with Gasteiger partial charge < -0.3 is 14.2 Å². The Morgan fingerprint density at radius 3 is 2.58 bits per heavy atom. The van der Waals surface area contributed by atoms with Crippen molar-refractivity contribution in [1.82, 2.24) is 0 Å². The van der Waals surface area contributed by atoms with Crippen molar-refractivity contribution in [2.45, 2.75) is 31.6 Å². The largest absolute Gasteiger partial charge is 0.468 e. The first-order valence-corrected chi connectivity index (χ1v) is 10.4. The van der Waals surface area contributed by atoms with Gasteiger partial charge in [-0.2, -0.15) is 0 Å². The highest BCUT2D eigenvalue weighted by Crippen LogP contribution is 2.48. The van der Waals surface area contributed by atoms with Gasteiger partial charge in [0.1, 0.15) is 5.92 Å². The first kappa shape index (κ1) is 19.5. The molecule has 31 heavy (non-hydrogen) atoms. The number of aliphatic imine (C=N–C) groups is 1. The van der Waals surface area contributed by atoms with Crippen LogP contribution in [-0.2, 0) is 14.3 Å². The van der Waals surface area contributed by atoms with Crippen molar-refractivity contribution >= 4 is 17.5 Å². The lowest BCUT2D eigenvalue weighted by Gasteiger charge is -2.36. The summed E-state index contributed by atoms with van der Waals surface area (Å²) in [5, 5.41) is 0. The zero-order valence-corrected chi connectivity index (χ0v) is 17.5. The van der Waals surface area contributed by atoms with Crippen molar-refractivity contribution in [1.29, 1.82) is 0 Å². The van der Waals surface area contributed by atoms with Gasteiger partial charge in [0.15, 0.2) is 17.3 Å². The molecule has 3 aliphatic rings. The van der Waals surface area contributed by atoms with E-state index in [1.165, 1.54) is 7.11 Å². The zero-order chi connectivity index (χ0) is 21.5. The van der Waals surface area contributed by atoms with Gasteiger partial charge in [0.05, 0.1) is 7.11 Å². The van der Waals surface area contributed by atoms with Crippen LogP contribution in [0.1, 0.15) is 42.7 Å². The topological polar surface area (TPSA) is 74.2 Å². The van der Waals surface area contributed by atoms with Gasteiger partial charge in [-0.1, -0.05) is 36.4 Å². The van der Waals surface area contributed by atoms with Crippen LogP contribution in [0.5, 0.6) is 11.5 Å². The molecular weight excluding hydrogens is 394 g/mol. The van der Waals surface area contributed by atoms with Gasteiger partial charge in [-0.3, -0.25) is 14.6 Å². The summed E-state index contributed by atoms with van der Waals surface area (Å²) in [6, 6.07) is 15.6. The fourth-order valence-corrected chi connectivity index (χ4v) is 4.92. The minimum atomic E-state index is -0.652. The summed E-state index contributed by atoms with van der Waals surface area (Å²) < 4.78 is 16.1.